The zero-order chi connectivity index (χ0) is 11.3. The Bertz CT molecular complexity index is 392. The summed E-state index contributed by atoms with van der Waals surface area (Å²) in [6.45, 7) is 6.51. The summed E-state index contributed by atoms with van der Waals surface area (Å²) in [5.41, 5.74) is 1.96. The second kappa shape index (κ2) is 3.33. The standard InChI is InChI=1S/C13H17BrO/c1-12(2,3)8-13(15)7-9-6-10(14)4-5-11(9)13/h4-6,15H,7-8H2,1-3H3. The summed E-state index contributed by atoms with van der Waals surface area (Å²) >= 11 is 3.45. The Morgan fingerprint density at radius 2 is 2.07 bits per heavy atom. The van der Waals surface area contributed by atoms with E-state index in [0.29, 0.717) is 0 Å². The molecular weight excluding hydrogens is 252 g/mol. The summed E-state index contributed by atoms with van der Waals surface area (Å²) in [4.78, 5) is 0. The Morgan fingerprint density at radius 3 is 2.60 bits per heavy atom. The molecule has 0 fully saturated rings. The van der Waals surface area contributed by atoms with E-state index in [4.69, 9.17) is 0 Å². The van der Waals surface area contributed by atoms with Gasteiger partial charge in [0.05, 0.1) is 5.60 Å². The summed E-state index contributed by atoms with van der Waals surface area (Å²) in [5.74, 6) is 0. The molecule has 1 aliphatic rings. The van der Waals surface area contributed by atoms with Crippen molar-refractivity contribution in [3.8, 4) is 0 Å². The van der Waals surface area contributed by atoms with Crippen LogP contribution in [-0.4, -0.2) is 5.11 Å². The van der Waals surface area contributed by atoms with Crippen molar-refractivity contribution in [2.45, 2.75) is 39.2 Å². The maximum Gasteiger partial charge on any atom is 0.0944 e. The third-order valence-corrected chi connectivity index (χ3v) is 3.37. The normalized spacial score (nSPS) is 24.6. The summed E-state index contributed by atoms with van der Waals surface area (Å²) in [6, 6.07) is 6.15. The number of fused-ring (bicyclic) bond motifs is 1. The van der Waals surface area contributed by atoms with Crippen molar-refractivity contribution in [1.29, 1.82) is 0 Å². The van der Waals surface area contributed by atoms with Crippen molar-refractivity contribution < 1.29 is 5.11 Å². The van der Waals surface area contributed by atoms with E-state index in [1.165, 1.54) is 5.56 Å². The Balaban J connectivity index is 2.26. The molecule has 0 saturated carbocycles. The average molecular weight is 269 g/mol. The van der Waals surface area contributed by atoms with Crippen LogP contribution < -0.4 is 0 Å². The van der Waals surface area contributed by atoms with Gasteiger partial charge >= 0.3 is 0 Å². The molecule has 0 aromatic heterocycles. The second-order valence-corrected chi connectivity index (χ2v) is 6.66. The fraction of sp³-hybridized carbons (Fsp3) is 0.538. The van der Waals surface area contributed by atoms with Gasteiger partial charge in [-0.05, 0) is 35.1 Å². The second-order valence-electron chi connectivity index (χ2n) is 5.75. The lowest BCUT2D eigenvalue weighted by molar-refractivity contribution is -0.0243. The van der Waals surface area contributed by atoms with E-state index < -0.39 is 5.60 Å². The van der Waals surface area contributed by atoms with Crippen LogP contribution in [-0.2, 0) is 12.0 Å². The van der Waals surface area contributed by atoms with Crippen LogP contribution in [0.15, 0.2) is 22.7 Å². The minimum atomic E-state index is -0.589. The minimum absolute atomic E-state index is 0.166. The van der Waals surface area contributed by atoms with Gasteiger partial charge in [0.15, 0.2) is 0 Å². The van der Waals surface area contributed by atoms with Gasteiger partial charge in [0.2, 0.25) is 0 Å². The highest BCUT2D eigenvalue weighted by Gasteiger charge is 2.43. The molecule has 0 amide bonds. The topological polar surface area (TPSA) is 20.2 Å². The minimum Gasteiger partial charge on any atom is -0.385 e. The van der Waals surface area contributed by atoms with Crippen molar-refractivity contribution in [2.75, 3.05) is 0 Å². The fourth-order valence-electron chi connectivity index (χ4n) is 2.50. The van der Waals surface area contributed by atoms with Crippen molar-refractivity contribution in [3.05, 3.63) is 33.8 Å². The number of aliphatic hydroxyl groups is 1. The molecule has 0 bridgehead atoms. The monoisotopic (exact) mass is 268 g/mol. The molecule has 1 N–H and O–H groups in total. The van der Waals surface area contributed by atoms with Crippen LogP contribution >= 0.6 is 15.9 Å². The van der Waals surface area contributed by atoms with Crippen LogP contribution in [0.25, 0.3) is 0 Å². The van der Waals surface area contributed by atoms with Gasteiger partial charge in [-0.1, -0.05) is 42.8 Å². The smallest absolute Gasteiger partial charge is 0.0944 e. The third-order valence-electron chi connectivity index (χ3n) is 2.87. The van der Waals surface area contributed by atoms with Crippen LogP contribution in [0.2, 0.25) is 0 Å². The molecule has 1 aliphatic carbocycles. The van der Waals surface area contributed by atoms with Crippen molar-refractivity contribution in [2.24, 2.45) is 5.41 Å². The third kappa shape index (κ3) is 2.11. The number of halogens is 1. The lowest BCUT2D eigenvalue weighted by Gasteiger charge is -2.43. The number of hydrogen-bond donors (Lipinski definition) is 1. The molecule has 0 spiro atoms. The first-order valence-corrected chi connectivity index (χ1v) is 6.11. The maximum atomic E-state index is 10.5. The van der Waals surface area contributed by atoms with Crippen LogP contribution in [0.5, 0.6) is 0 Å². The van der Waals surface area contributed by atoms with Gasteiger partial charge in [0.25, 0.3) is 0 Å². The largest absolute Gasteiger partial charge is 0.385 e. The zero-order valence-corrected chi connectivity index (χ0v) is 11.1. The van der Waals surface area contributed by atoms with Crippen LogP contribution in [0.4, 0.5) is 0 Å². The van der Waals surface area contributed by atoms with Crippen LogP contribution in [0.3, 0.4) is 0 Å². The van der Waals surface area contributed by atoms with Crippen LogP contribution in [0.1, 0.15) is 38.3 Å². The Morgan fingerprint density at radius 1 is 1.40 bits per heavy atom. The number of hydrogen-bond acceptors (Lipinski definition) is 1. The maximum absolute atomic E-state index is 10.5. The molecule has 0 saturated heterocycles. The summed E-state index contributed by atoms with van der Waals surface area (Å²) in [6.07, 6.45) is 1.62. The molecule has 1 nitrogen and oxygen atoms in total. The lowest BCUT2D eigenvalue weighted by atomic mass is 9.66. The van der Waals surface area contributed by atoms with Crippen molar-refractivity contribution in [1.82, 2.24) is 0 Å². The van der Waals surface area contributed by atoms with Crippen LogP contribution in [0, 0.1) is 5.41 Å². The van der Waals surface area contributed by atoms with E-state index in [1.807, 2.05) is 12.1 Å². The highest BCUT2D eigenvalue weighted by Crippen LogP contribution is 2.46. The van der Waals surface area contributed by atoms with E-state index in [-0.39, 0.29) is 5.41 Å². The predicted octanol–water partition coefficient (Wildman–Crippen LogP) is 3.63. The molecule has 1 aromatic rings. The fourth-order valence-corrected chi connectivity index (χ4v) is 2.91. The van der Waals surface area contributed by atoms with Crippen molar-refractivity contribution in [3.63, 3.8) is 0 Å². The molecule has 1 atom stereocenters. The quantitative estimate of drug-likeness (QED) is 0.825. The van der Waals surface area contributed by atoms with Crippen molar-refractivity contribution >= 4 is 15.9 Å². The van der Waals surface area contributed by atoms with E-state index in [1.54, 1.807) is 0 Å². The Labute approximate surface area is 99.6 Å². The highest BCUT2D eigenvalue weighted by atomic mass is 79.9. The molecule has 2 heteroatoms. The molecule has 1 aromatic carbocycles. The molecule has 15 heavy (non-hydrogen) atoms. The lowest BCUT2D eigenvalue weighted by Crippen LogP contribution is -2.41. The van der Waals surface area contributed by atoms with Gasteiger partial charge in [0.1, 0.15) is 0 Å². The van der Waals surface area contributed by atoms with Gasteiger partial charge in [-0.2, -0.15) is 0 Å². The molecule has 0 radical (unpaired) electrons. The average Bonchev–Trinajstić information content (AvgIpc) is 1.98. The first-order chi connectivity index (χ1) is 6.80. The number of benzene rings is 1. The first-order valence-electron chi connectivity index (χ1n) is 5.31. The zero-order valence-electron chi connectivity index (χ0n) is 9.47. The molecule has 0 heterocycles. The summed E-state index contributed by atoms with van der Waals surface area (Å²) in [7, 11) is 0. The molecule has 0 aliphatic heterocycles. The SMILES string of the molecule is CC(C)(C)CC1(O)Cc2cc(Br)ccc21. The van der Waals surface area contributed by atoms with E-state index in [0.717, 1.165) is 22.9 Å². The number of rotatable bonds is 1. The van der Waals surface area contributed by atoms with Gasteiger partial charge < -0.3 is 5.11 Å². The Hall–Kier alpha value is -0.340. The van der Waals surface area contributed by atoms with Gasteiger partial charge in [0, 0.05) is 10.9 Å². The summed E-state index contributed by atoms with van der Waals surface area (Å²) < 4.78 is 1.10. The van der Waals surface area contributed by atoms with E-state index >= 15 is 0 Å². The van der Waals surface area contributed by atoms with Gasteiger partial charge in [-0.3, -0.25) is 0 Å². The van der Waals surface area contributed by atoms with E-state index in [9.17, 15) is 5.11 Å². The molecular formula is C13H17BrO. The first kappa shape index (κ1) is 11.2. The molecule has 2 rings (SSSR count). The highest BCUT2D eigenvalue weighted by molar-refractivity contribution is 9.10. The predicted molar refractivity (Wildman–Crippen MR) is 65.8 cm³/mol. The van der Waals surface area contributed by atoms with Gasteiger partial charge in [-0.15, -0.1) is 0 Å². The summed E-state index contributed by atoms with van der Waals surface area (Å²) in [5, 5.41) is 10.5. The molecule has 1 unspecified atom stereocenters. The Kier molecular flexibility index (Phi) is 2.47. The van der Waals surface area contributed by atoms with E-state index in [2.05, 4.69) is 42.8 Å². The molecule has 82 valence electrons. The van der Waals surface area contributed by atoms with Gasteiger partial charge in [-0.25, -0.2) is 0 Å².